The number of carbonyl (C=O) groups is 5. The third-order valence-electron chi connectivity index (χ3n) is 4.57. The standard InChI is InChI=1S/C18H33N5O7/c1-3-10(2)15(23-13(24)9-20)17(28)22-12(8-14(25)26)16(27)21-11(18(29)30)6-4-5-7-19/h10-12,15H,3-9,19-20H2,1-2H3,(H,21,27)(H,22,28)(H,23,24)(H,25,26)(H,29,30). The van der Waals surface area contributed by atoms with Crippen LogP contribution in [0.1, 0.15) is 46.0 Å². The summed E-state index contributed by atoms with van der Waals surface area (Å²) in [6, 6.07) is -3.80. The van der Waals surface area contributed by atoms with Crippen molar-refractivity contribution in [2.45, 2.75) is 64.1 Å². The van der Waals surface area contributed by atoms with Crippen molar-refractivity contribution in [3.8, 4) is 0 Å². The van der Waals surface area contributed by atoms with Crippen LogP contribution in [-0.2, 0) is 24.0 Å². The lowest BCUT2D eigenvalue weighted by Gasteiger charge is -2.26. The topological polar surface area (TPSA) is 214 Å². The van der Waals surface area contributed by atoms with Gasteiger partial charge in [-0.25, -0.2) is 4.79 Å². The Labute approximate surface area is 175 Å². The maximum atomic E-state index is 12.7. The van der Waals surface area contributed by atoms with Crippen LogP contribution < -0.4 is 27.4 Å². The molecular weight excluding hydrogens is 398 g/mol. The van der Waals surface area contributed by atoms with E-state index in [9.17, 15) is 29.1 Å². The van der Waals surface area contributed by atoms with Gasteiger partial charge in [0, 0.05) is 0 Å². The van der Waals surface area contributed by atoms with Gasteiger partial charge in [-0.2, -0.15) is 0 Å². The first-order valence-corrected chi connectivity index (χ1v) is 9.82. The first-order valence-electron chi connectivity index (χ1n) is 9.82. The van der Waals surface area contributed by atoms with Crippen LogP contribution in [-0.4, -0.2) is 71.1 Å². The predicted molar refractivity (Wildman–Crippen MR) is 107 cm³/mol. The molecule has 0 bridgehead atoms. The maximum Gasteiger partial charge on any atom is 0.326 e. The number of hydrogen-bond acceptors (Lipinski definition) is 7. The molecule has 0 saturated carbocycles. The van der Waals surface area contributed by atoms with Crippen LogP contribution in [0.2, 0.25) is 0 Å². The van der Waals surface area contributed by atoms with Gasteiger partial charge >= 0.3 is 11.9 Å². The largest absolute Gasteiger partial charge is 0.481 e. The molecule has 0 aromatic carbocycles. The molecule has 0 aromatic rings. The van der Waals surface area contributed by atoms with Crippen molar-refractivity contribution in [3.63, 3.8) is 0 Å². The Bertz CT molecular complexity index is 614. The van der Waals surface area contributed by atoms with E-state index in [0.717, 1.165) is 0 Å². The molecule has 12 nitrogen and oxygen atoms in total. The van der Waals surface area contributed by atoms with Crippen LogP contribution in [0.3, 0.4) is 0 Å². The Hall–Kier alpha value is -2.73. The zero-order valence-electron chi connectivity index (χ0n) is 17.3. The molecule has 4 unspecified atom stereocenters. The molecule has 172 valence electrons. The van der Waals surface area contributed by atoms with E-state index in [1.165, 1.54) is 0 Å². The van der Waals surface area contributed by atoms with Gasteiger partial charge in [-0.15, -0.1) is 0 Å². The van der Waals surface area contributed by atoms with Crippen LogP contribution in [0.5, 0.6) is 0 Å². The third kappa shape index (κ3) is 10.2. The third-order valence-corrected chi connectivity index (χ3v) is 4.57. The molecule has 0 fully saturated rings. The number of nitrogens with one attached hydrogen (secondary N) is 3. The fourth-order valence-corrected chi connectivity index (χ4v) is 2.60. The van der Waals surface area contributed by atoms with Crippen molar-refractivity contribution >= 4 is 29.7 Å². The number of aliphatic carboxylic acids is 2. The Morgan fingerprint density at radius 2 is 1.50 bits per heavy atom. The SMILES string of the molecule is CCC(C)C(NC(=O)CN)C(=O)NC(CC(=O)O)C(=O)NC(CCCCN)C(=O)O. The molecule has 0 aliphatic carbocycles. The molecule has 0 aromatic heterocycles. The molecule has 30 heavy (non-hydrogen) atoms. The van der Waals surface area contributed by atoms with Gasteiger partial charge in [0.1, 0.15) is 18.1 Å². The fourth-order valence-electron chi connectivity index (χ4n) is 2.60. The Morgan fingerprint density at radius 3 is 1.97 bits per heavy atom. The maximum absolute atomic E-state index is 12.7. The van der Waals surface area contributed by atoms with E-state index in [1.807, 2.05) is 0 Å². The zero-order valence-corrected chi connectivity index (χ0v) is 17.3. The van der Waals surface area contributed by atoms with Crippen LogP contribution in [0, 0.1) is 5.92 Å². The van der Waals surface area contributed by atoms with Crippen molar-refractivity contribution in [2.24, 2.45) is 17.4 Å². The smallest absolute Gasteiger partial charge is 0.326 e. The number of amides is 3. The lowest BCUT2D eigenvalue weighted by molar-refractivity contribution is -0.144. The summed E-state index contributed by atoms with van der Waals surface area (Å²) >= 11 is 0. The van der Waals surface area contributed by atoms with Gasteiger partial charge in [0.15, 0.2) is 0 Å². The van der Waals surface area contributed by atoms with Crippen molar-refractivity contribution in [2.75, 3.05) is 13.1 Å². The summed E-state index contributed by atoms with van der Waals surface area (Å²) in [5.74, 6) is -5.26. The summed E-state index contributed by atoms with van der Waals surface area (Å²) in [7, 11) is 0. The minimum atomic E-state index is -1.52. The van der Waals surface area contributed by atoms with E-state index in [1.54, 1.807) is 13.8 Å². The number of carbonyl (C=O) groups excluding carboxylic acids is 3. The molecule has 0 heterocycles. The van der Waals surface area contributed by atoms with Crippen molar-refractivity contribution in [1.82, 2.24) is 16.0 Å². The van der Waals surface area contributed by atoms with E-state index in [4.69, 9.17) is 16.6 Å². The molecule has 3 amide bonds. The van der Waals surface area contributed by atoms with Crippen LogP contribution in [0.15, 0.2) is 0 Å². The summed E-state index contributed by atoms with van der Waals surface area (Å²) < 4.78 is 0. The highest BCUT2D eigenvalue weighted by Crippen LogP contribution is 2.09. The average Bonchev–Trinajstić information content (AvgIpc) is 2.69. The van der Waals surface area contributed by atoms with Gasteiger partial charge in [-0.1, -0.05) is 20.3 Å². The number of unbranched alkanes of at least 4 members (excludes halogenated alkanes) is 1. The minimum absolute atomic E-state index is 0.105. The highest BCUT2D eigenvalue weighted by Gasteiger charge is 2.32. The van der Waals surface area contributed by atoms with Crippen molar-refractivity contribution in [1.29, 1.82) is 0 Å². The second-order valence-corrected chi connectivity index (χ2v) is 6.98. The zero-order chi connectivity index (χ0) is 23.3. The molecule has 0 radical (unpaired) electrons. The Morgan fingerprint density at radius 1 is 0.900 bits per heavy atom. The van der Waals surface area contributed by atoms with E-state index < -0.39 is 54.2 Å². The molecule has 4 atom stereocenters. The first kappa shape index (κ1) is 27.3. The van der Waals surface area contributed by atoms with E-state index in [2.05, 4.69) is 16.0 Å². The summed E-state index contributed by atoms with van der Waals surface area (Å²) in [6.45, 7) is 3.51. The number of hydrogen-bond donors (Lipinski definition) is 7. The quantitative estimate of drug-likeness (QED) is 0.144. The molecule has 0 rings (SSSR count). The van der Waals surface area contributed by atoms with Crippen molar-refractivity contribution < 1.29 is 34.2 Å². The molecule has 0 aliphatic rings. The van der Waals surface area contributed by atoms with Gasteiger partial charge in [-0.05, 0) is 31.7 Å². The molecule has 0 spiro atoms. The summed E-state index contributed by atoms with van der Waals surface area (Å²) in [4.78, 5) is 59.3. The van der Waals surface area contributed by atoms with Gasteiger partial charge < -0.3 is 37.6 Å². The second-order valence-electron chi connectivity index (χ2n) is 6.98. The molecular formula is C18H33N5O7. The summed E-state index contributed by atoms with van der Waals surface area (Å²) in [6.07, 6.45) is 0.872. The Kier molecular flexibility index (Phi) is 13.0. The highest BCUT2D eigenvalue weighted by atomic mass is 16.4. The van der Waals surface area contributed by atoms with Crippen LogP contribution in [0.25, 0.3) is 0 Å². The number of carboxylic acid groups (broad SMARTS) is 2. The average molecular weight is 431 g/mol. The summed E-state index contributed by atoms with van der Waals surface area (Å²) in [5.41, 5.74) is 10.6. The summed E-state index contributed by atoms with van der Waals surface area (Å²) in [5, 5.41) is 25.4. The lowest BCUT2D eigenvalue weighted by atomic mass is 9.97. The van der Waals surface area contributed by atoms with Gasteiger partial charge in [0.05, 0.1) is 13.0 Å². The van der Waals surface area contributed by atoms with Crippen LogP contribution in [0.4, 0.5) is 0 Å². The van der Waals surface area contributed by atoms with Gasteiger partial charge in [0.2, 0.25) is 17.7 Å². The molecule has 0 saturated heterocycles. The van der Waals surface area contributed by atoms with E-state index >= 15 is 0 Å². The second kappa shape index (κ2) is 14.3. The van der Waals surface area contributed by atoms with E-state index in [0.29, 0.717) is 25.8 Å². The number of carboxylic acids is 2. The normalized spacial score (nSPS) is 14.7. The fraction of sp³-hybridized carbons (Fsp3) is 0.722. The van der Waals surface area contributed by atoms with Gasteiger partial charge in [-0.3, -0.25) is 19.2 Å². The lowest BCUT2D eigenvalue weighted by Crippen LogP contribution is -2.58. The van der Waals surface area contributed by atoms with Crippen molar-refractivity contribution in [3.05, 3.63) is 0 Å². The monoisotopic (exact) mass is 431 g/mol. The van der Waals surface area contributed by atoms with Crippen LogP contribution >= 0.6 is 0 Å². The Balaban J connectivity index is 5.37. The number of rotatable bonds is 15. The molecule has 9 N–H and O–H groups in total. The highest BCUT2D eigenvalue weighted by molar-refractivity contribution is 5.95. The molecule has 0 aliphatic heterocycles. The van der Waals surface area contributed by atoms with E-state index in [-0.39, 0.29) is 18.9 Å². The minimum Gasteiger partial charge on any atom is -0.481 e. The predicted octanol–water partition coefficient (Wildman–Crippen LogP) is -1.87. The molecule has 12 heteroatoms. The first-order chi connectivity index (χ1) is 14.1. The van der Waals surface area contributed by atoms with Gasteiger partial charge in [0.25, 0.3) is 0 Å². The number of nitrogens with two attached hydrogens (primary N) is 2.